The molecule has 0 saturated heterocycles. The lowest BCUT2D eigenvalue weighted by Crippen LogP contribution is -2.29. The summed E-state index contributed by atoms with van der Waals surface area (Å²) in [5, 5.41) is 9.11. The smallest absolute Gasteiger partial charge is 0.258 e. The number of anilines is 2. The molecule has 0 unspecified atom stereocenters. The molecule has 1 aliphatic rings. The molecule has 0 bridgehead atoms. The number of para-hydroxylation sites is 1. The third-order valence-corrected chi connectivity index (χ3v) is 5.65. The Morgan fingerprint density at radius 3 is 2.53 bits per heavy atom. The monoisotopic (exact) mass is 419 g/mol. The van der Waals surface area contributed by atoms with Crippen LogP contribution in [0.5, 0.6) is 0 Å². The Labute approximate surface area is 178 Å². The maximum Gasteiger partial charge on any atom is 0.258 e. The molecule has 0 aliphatic carbocycles. The molecule has 1 aliphatic heterocycles. The van der Waals surface area contributed by atoms with Crippen LogP contribution in [-0.4, -0.2) is 30.8 Å². The average Bonchev–Trinajstić information content (AvgIpc) is 3.44. The van der Waals surface area contributed by atoms with Gasteiger partial charge in [-0.15, -0.1) is 0 Å². The van der Waals surface area contributed by atoms with E-state index in [0.717, 1.165) is 12.1 Å². The second-order valence-electron chi connectivity index (χ2n) is 6.98. The molecule has 3 amide bonds. The summed E-state index contributed by atoms with van der Waals surface area (Å²) in [6, 6.07) is 16.5. The number of fused-ring (bicyclic) bond motifs is 1. The highest BCUT2D eigenvalue weighted by molar-refractivity contribution is 7.08. The fourth-order valence-corrected chi connectivity index (χ4v) is 4.05. The number of nitrogens with zero attached hydrogens (tertiary/aromatic N) is 1. The molecule has 2 aromatic carbocycles. The second-order valence-corrected chi connectivity index (χ2v) is 7.76. The summed E-state index contributed by atoms with van der Waals surface area (Å²) in [5.74, 6) is -0.433. The van der Waals surface area contributed by atoms with Gasteiger partial charge in [0.1, 0.15) is 0 Å². The topological polar surface area (TPSA) is 78.5 Å². The summed E-state index contributed by atoms with van der Waals surface area (Å²) in [4.78, 5) is 38.6. The van der Waals surface area contributed by atoms with E-state index in [4.69, 9.17) is 0 Å². The molecule has 7 heteroatoms. The van der Waals surface area contributed by atoms with Crippen molar-refractivity contribution in [3.8, 4) is 0 Å². The molecule has 0 radical (unpaired) electrons. The first-order valence-electron chi connectivity index (χ1n) is 9.72. The number of benzene rings is 2. The first-order valence-corrected chi connectivity index (χ1v) is 10.7. The van der Waals surface area contributed by atoms with Gasteiger partial charge in [0, 0.05) is 47.4 Å². The molecule has 2 N–H and O–H groups in total. The number of carbonyl (C=O) groups is 3. The molecular weight excluding hydrogens is 398 g/mol. The summed E-state index contributed by atoms with van der Waals surface area (Å²) in [6.07, 6.45) is 1.03. The average molecular weight is 420 g/mol. The lowest BCUT2D eigenvalue weighted by molar-refractivity contribution is -0.116. The van der Waals surface area contributed by atoms with E-state index in [0.29, 0.717) is 23.4 Å². The predicted molar refractivity (Wildman–Crippen MR) is 118 cm³/mol. The highest BCUT2D eigenvalue weighted by atomic mass is 32.1. The van der Waals surface area contributed by atoms with Gasteiger partial charge < -0.3 is 15.5 Å². The standard InChI is InChI=1S/C23H21N3O3S/c27-21(9-12-24-22(28)18-11-14-30-15-18)25-19-7-5-17(6-8-19)23(29)26-13-10-16-3-1-2-4-20(16)26/h1-8,11,14-15H,9-10,12-13H2,(H,24,28)(H,25,27). The van der Waals surface area contributed by atoms with Gasteiger partial charge in [-0.25, -0.2) is 0 Å². The molecular formula is C23H21N3O3S. The minimum Gasteiger partial charge on any atom is -0.351 e. The van der Waals surface area contributed by atoms with Crippen LogP contribution >= 0.6 is 11.3 Å². The molecule has 0 spiro atoms. The number of nitrogens with one attached hydrogen (secondary N) is 2. The lowest BCUT2D eigenvalue weighted by Gasteiger charge is -2.17. The van der Waals surface area contributed by atoms with Crippen LogP contribution in [0.25, 0.3) is 0 Å². The molecule has 0 fully saturated rings. The number of carbonyl (C=O) groups excluding carboxylic acids is 3. The summed E-state index contributed by atoms with van der Waals surface area (Å²) in [7, 11) is 0. The Morgan fingerprint density at radius 2 is 1.77 bits per heavy atom. The molecule has 152 valence electrons. The zero-order valence-corrected chi connectivity index (χ0v) is 17.1. The highest BCUT2D eigenvalue weighted by Gasteiger charge is 2.25. The second kappa shape index (κ2) is 8.92. The Hall–Kier alpha value is -3.45. The molecule has 3 aromatic rings. The van der Waals surface area contributed by atoms with Crippen molar-refractivity contribution in [3.05, 3.63) is 82.0 Å². The van der Waals surface area contributed by atoms with Crippen molar-refractivity contribution >= 4 is 40.4 Å². The van der Waals surface area contributed by atoms with Gasteiger partial charge in [-0.2, -0.15) is 11.3 Å². The van der Waals surface area contributed by atoms with Gasteiger partial charge in [-0.3, -0.25) is 14.4 Å². The zero-order chi connectivity index (χ0) is 20.9. The molecule has 1 aromatic heterocycles. The molecule has 2 heterocycles. The third-order valence-electron chi connectivity index (χ3n) is 4.97. The van der Waals surface area contributed by atoms with E-state index in [2.05, 4.69) is 10.6 Å². The number of hydrogen-bond donors (Lipinski definition) is 2. The molecule has 30 heavy (non-hydrogen) atoms. The van der Waals surface area contributed by atoms with Gasteiger partial charge in [0.2, 0.25) is 5.91 Å². The van der Waals surface area contributed by atoms with E-state index in [1.54, 1.807) is 40.6 Å². The fraction of sp³-hybridized carbons (Fsp3) is 0.174. The Kier molecular flexibility index (Phi) is 5.90. The van der Waals surface area contributed by atoms with Crippen LogP contribution in [0.1, 0.15) is 32.7 Å². The van der Waals surface area contributed by atoms with Crippen molar-refractivity contribution in [2.75, 3.05) is 23.3 Å². The van der Waals surface area contributed by atoms with Crippen molar-refractivity contribution in [1.82, 2.24) is 5.32 Å². The minimum atomic E-state index is -0.201. The van der Waals surface area contributed by atoms with E-state index >= 15 is 0 Å². The maximum atomic E-state index is 12.8. The summed E-state index contributed by atoms with van der Waals surface area (Å²) in [5.41, 5.74) is 3.93. The highest BCUT2D eigenvalue weighted by Crippen LogP contribution is 2.29. The SMILES string of the molecule is O=C(CCNC(=O)c1ccsc1)Nc1ccc(C(=O)N2CCc3ccccc32)cc1. The van der Waals surface area contributed by atoms with Crippen LogP contribution in [0, 0.1) is 0 Å². The van der Waals surface area contributed by atoms with Crippen molar-refractivity contribution < 1.29 is 14.4 Å². The van der Waals surface area contributed by atoms with Crippen LogP contribution in [0.4, 0.5) is 11.4 Å². The maximum absolute atomic E-state index is 12.8. The van der Waals surface area contributed by atoms with E-state index in [1.165, 1.54) is 16.9 Å². The van der Waals surface area contributed by atoms with E-state index in [1.807, 2.05) is 29.6 Å². The summed E-state index contributed by atoms with van der Waals surface area (Å²) >= 11 is 1.45. The number of hydrogen-bond acceptors (Lipinski definition) is 4. The number of thiophene rings is 1. The van der Waals surface area contributed by atoms with Gasteiger partial charge in [0.05, 0.1) is 0 Å². The first-order chi connectivity index (χ1) is 14.6. The first kappa shape index (κ1) is 19.8. The van der Waals surface area contributed by atoms with E-state index in [9.17, 15) is 14.4 Å². The number of rotatable bonds is 6. The van der Waals surface area contributed by atoms with Crippen LogP contribution in [-0.2, 0) is 11.2 Å². The van der Waals surface area contributed by atoms with Crippen LogP contribution < -0.4 is 15.5 Å². The largest absolute Gasteiger partial charge is 0.351 e. The Morgan fingerprint density at radius 1 is 0.967 bits per heavy atom. The van der Waals surface area contributed by atoms with Crippen molar-refractivity contribution in [1.29, 1.82) is 0 Å². The van der Waals surface area contributed by atoms with E-state index in [-0.39, 0.29) is 30.7 Å². The van der Waals surface area contributed by atoms with Gasteiger partial charge in [0.25, 0.3) is 11.8 Å². The Balaban J connectivity index is 1.29. The normalized spacial score (nSPS) is 12.3. The van der Waals surface area contributed by atoms with Crippen molar-refractivity contribution in [3.63, 3.8) is 0 Å². The minimum absolute atomic E-state index is 0.0473. The Bertz CT molecular complexity index is 1060. The third kappa shape index (κ3) is 4.41. The van der Waals surface area contributed by atoms with Crippen molar-refractivity contribution in [2.45, 2.75) is 12.8 Å². The molecule has 4 rings (SSSR count). The predicted octanol–water partition coefficient (Wildman–Crippen LogP) is 3.71. The fourth-order valence-electron chi connectivity index (χ4n) is 3.41. The number of amides is 3. The van der Waals surface area contributed by atoms with Crippen LogP contribution in [0.15, 0.2) is 65.4 Å². The van der Waals surface area contributed by atoms with E-state index < -0.39 is 0 Å². The lowest BCUT2D eigenvalue weighted by atomic mass is 10.1. The van der Waals surface area contributed by atoms with Crippen LogP contribution in [0.3, 0.4) is 0 Å². The van der Waals surface area contributed by atoms with Gasteiger partial charge >= 0.3 is 0 Å². The molecule has 0 atom stereocenters. The van der Waals surface area contributed by atoms with Gasteiger partial charge in [-0.05, 0) is 53.8 Å². The summed E-state index contributed by atoms with van der Waals surface area (Å²) in [6.45, 7) is 0.930. The van der Waals surface area contributed by atoms with Gasteiger partial charge in [0.15, 0.2) is 0 Å². The van der Waals surface area contributed by atoms with Gasteiger partial charge in [-0.1, -0.05) is 18.2 Å². The quantitative estimate of drug-likeness (QED) is 0.639. The molecule has 0 saturated carbocycles. The zero-order valence-electron chi connectivity index (χ0n) is 16.3. The molecule has 6 nitrogen and oxygen atoms in total. The van der Waals surface area contributed by atoms with Crippen molar-refractivity contribution in [2.24, 2.45) is 0 Å². The van der Waals surface area contributed by atoms with Crippen LogP contribution in [0.2, 0.25) is 0 Å². The summed E-state index contributed by atoms with van der Waals surface area (Å²) < 4.78 is 0.